The number of allylic oxidation sites excluding steroid dienone is 2. The van der Waals surface area contributed by atoms with Gasteiger partial charge < -0.3 is 27.9 Å². The SMILES string of the molecule is CCC/C=C\CCCCCCCC(=O)OC(COC(=O)CCCCCCCCCCC)COP(=O)([O-])OCC[N+](C)(C)C. The minimum atomic E-state index is -4.60. The Morgan fingerprint density at radius 2 is 1.23 bits per heavy atom. The maximum atomic E-state index is 12.5. The maximum absolute atomic E-state index is 12.5. The van der Waals surface area contributed by atoms with Crippen molar-refractivity contribution in [3.63, 3.8) is 0 Å². The van der Waals surface area contributed by atoms with Crippen LogP contribution in [0.25, 0.3) is 0 Å². The van der Waals surface area contributed by atoms with Crippen molar-refractivity contribution in [3.8, 4) is 0 Å². The number of hydrogen-bond donors (Lipinski definition) is 0. The molecule has 9 nitrogen and oxygen atoms in total. The van der Waals surface area contributed by atoms with Crippen molar-refractivity contribution in [3.05, 3.63) is 12.2 Å². The molecule has 2 unspecified atom stereocenters. The zero-order valence-corrected chi connectivity index (χ0v) is 29.1. The van der Waals surface area contributed by atoms with Gasteiger partial charge in [-0.2, -0.15) is 0 Å². The van der Waals surface area contributed by atoms with Crippen LogP contribution in [-0.4, -0.2) is 70.0 Å². The lowest BCUT2D eigenvalue weighted by molar-refractivity contribution is -0.870. The van der Waals surface area contributed by atoms with Crippen LogP contribution in [0.3, 0.4) is 0 Å². The van der Waals surface area contributed by atoms with E-state index in [0.717, 1.165) is 57.8 Å². The predicted octanol–water partition coefficient (Wildman–Crippen LogP) is 7.66. The average molecular weight is 634 g/mol. The first-order valence-corrected chi connectivity index (χ1v) is 18.4. The summed E-state index contributed by atoms with van der Waals surface area (Å²) in [4.78, 5) is 37.0. The Balaban J connectivity index is 4.52. The fraction of sp³-hybridized carbons (Fsp3) is 0.879. The van der Waals surface area contributed by atoms with Gasteiger partial charge in [-0.1, -0.05) is 103 Å². The third-order valence-corrected chi connectivity index (χ3v) is 7.98. The summed E-state index contributed by atoms with van der Waals surface area (Å²) in [6.45, 7) is 4.10. The molecule has 43 heavy (non-hydrogen) atoms. The minimum absolute atomic E-state index is 0.0303. The van der Waals surface area contributed by atoms with Crippen molar-refractivity contribution >= 4 is 19.8 Å². The van der Waals surface area contributed by atoms with E-state index in [4.69, 9.17) is 18.5 Å². The second-order valence-corrected chi connectivity index (χ2v) is 13.9. The van der Waals surface area contributed by atoms with Crippen LogP contribution < -0.4 is 4.89 Å². The monoisotopic (exact) mass is 633 g/mol. The number of phosphoric acid groups is 1. The fourth-order valence-corrected chi connectivity index (χ4v) is 5.03. The van der Waals surface area contributed by atoms with Crippen LogP contribution in [0.2, 0.25) is 0 Å². The van der Waals surface area contributed by atoms with Gasteiger partial charge in [0.2, 0.25) is 0 Å². The predicted molar refractivity (Wildman–Crippen MR) is 171 cm³/mol. The fourth-order valence-electron chi connectivity index (χ4n) is 4.30. The molecule has 0 aromatic rings. The molecule has 0 aliphatic carbocycles. The quantitative estimate of drug-likeness (QED) is 0.0261. The van der Waals surface area contributed by atoms with Crippen molar-refractivity contribution in [2.45, 2.75) is 142 Å². The van der Waals surface area contributed by atoms with Gasteiger partial charge in [-0.15, -0.1) is 0 Å². The summed E-state index contributed by atoms with van der Waals surface area (Å²) in [6.07, 6.45) is 22.5. The van der Waals surface area contributed by atoms with Gasteiger partial charge >= 0.3 is 11.9 Å². The molecule has 254 valence electrons. The molecular weight excluding hydrogens is 569 g/mol. The highest BCUT2D eigenvalue weighted by Gasteiger charge is 2.21. The molecule has 10 heteroatoms. The first-order chi connectivity index (χ1) is 20.5. The molecule has 0 radical (unpaired) electrons. The largest absolute Gasteiger partial charge is 0.756 e. The summed E-state index contributed by atoms with van der Waals surface area (Å²) >= 11 is 0. The molecule has 0 amide bonds. The maximum Gasteiger partial charge on any atom is 0.306 e. The van der Waals surface area contributed by atoms with Gasteiger partial charge in [-0.3, -0.25) is 14.2 Å². The second kappa shape index (κ2) is 27.1. The first-order valence-electron chi connectivity index (χ1n) is 16.9. The Labute approximate surface area is 263 Å². The smallest absolute Gasteiger partial charge is 0.306 e. The first kappa shape index (κ1) is 41.8. The zero-order valence-electron chi connectivity index (χ0n) is 28.2. The Kier molecular flexibility index (Phi) is 26.3. The van der Waals surface area contributed by atoms with Gasteiger partial charge in [0.25, 0.3) is 7.82 Å². The molecule has 0 heterocycles. The molecule has 0 aromatic carbocycles. The summed E-state index contributed by atoms with van der Waals surface area (Å²) in [7, 11) is 1.16. The third kappa shape index (κ3) is 30.6. The van der Waals surface area contributed by atoms with Gasteiger partial charge in [-0.05, 0) is 32.1 Å². The van der Waals surface area contributed by atoms with Crippen molar-refractivity contribution in [2.24, 2.45) is 0 Å². The highest BCUT2D eigenvalue weighted by molar-refractivity contribution is 7.45. The van der Waals surface area contributed by atoms with E-state index < -0.39 is 32.5 Å². The summed E-state index contributed by atoms with van der Waals surface area (Å²) < 4.78 is 33.5. The highest BCUT2D eigenvalue weighted by Crippen LogP contribution is 2.38. The molecule has 0 spiro atoms. The molecule has 2 atom stereocenters. The van der Waals surface area contributed by atoms with Gasteiger partial charge in [0.15, 0.2) is 6.10 Å². The van der Waals surface area contributed by atoms with Crippen LogP contribution in [0, 0.1) is 0 Å². The third-order valence-electron chi connectivity index (χ3n) is 7.02. The van der Waals surface area contributed by atoms with Gasteiger partial charge in [0.05, 0.1) is 27.7 Å². The summed E-state index contributed by atoms with van der Waals surface area (Å²) in [6, 6.07) is 0. The lowest BCUT2D eigenvalue weighted by Crippen LogP contribution is -2.37. The minimum Gasteiger partial charge on any atom is -0.756 e. The number of quaternary nitrogens is 1. The molecule has 0 rings (SSSR count). The number of rotatable bonds is 30. The van der Waals surface area contributed by atoms with Crippen LogP contribution in [0.15, 0.2) is 12.2 Å². The van der Waals surface area contributed by atoms with Gasteiger partial charge in [0, 0.05) is 12.8 Å². The number of nitrogens with zero attached hydrogens (tertiary/aromatic N) is 1. The average Bonchev–Trinajstić information content (AvgIpc) is 2.93. The van der Waals surface area contributed by atoms with Crippen LogP contribution in [0.1, 0.15) is 136 Å². The molecule has 0 saturated carbocycles. The lowest BCUT2D eigenvalue weighted by Gasteiger charge is -2.28. The van der Waals surface area contributed by atoms with E-state index in [9.17, 15) is 19.0 Å². The molecule has 0 N–H and O–H groups in total. The zero-order chi connectivity index (χ0) is 32.2. The van der Waals surface area contributed by atoms with Crippen LogP contribution in [0.4, 0.5) is 0 Å². The molecular formula is C33H64NO8P. The highest BCUT2D eigenvalue weighted by atomic mass is 31.2. The van der Waals surface area contributed by atoms with Gasteiger partial charge in [-0.25, -0.2) is 0 Å². The molecule has 0 bridgehead atoms. The van der Waals surface area contributed by atoms with Crippen molar-refractivity contribution in [1.29, 1.82) is 0 Å². The summed E-state index contributed by atoms with van der Waals surface area (Å²) in [5, 5.41) is 0. The van der Waals surface area contributed by atoms with E-state index in [1.165, 1.54) is 44.9 Å². The number of esters is 2. The number of ether oxygens (including phenoxy) is 2. The summed E-state index contributed by atoms with van der Waals surface area (Å²) in [5.74, 6) is -0.851. The topological polar surface area (TPSA) is 111 Å². The number of phosphoric ester groups is 1. The van der Waals surface area contributed by atoms with E-state index in [1.54, 1.807) is 0 Å². The van der Waals surface area contributed by atoms with Crippen LogP contribution >= 0.6 is 7.82 Å². The molecule has 0 saturated heterocycles. The van der Waals surface area contributed by atoms with E-state index in [2.05, 4.69) is 26.0 Å². The number of hydrogen-bond acceptors (Lipinski definition) is 8. The second-order valence-electron chi connectivity index (χ2n) is 12.5. The van der Waals surface area contributed by atoms with E-state index >= 15 is 0 Å². The Hall–Kier alpha value is -1.25. The normalized spacial score (nSPS) is 14.1. The van der Waals surface area contributed by atoms with Crippen molar-refractivity contribution in [2.75, 3.05) is 47.5 Å². The number of carbonyl (C=O) groups is 2. The van der Waals surface area contributed by atoms with Crippen molar-refractivity contribution < 1.29 is 42.1 Å². The Bertz CT molecular complexity index is 768. The van der Waals surface area contributed by atoms with Crippen molar-refractivity contribution in [1.82, 2.24) is 0 Å². The summed E-state index contributed by atoms with van der Waals surface area (Å²) in [5.41, 5.74) is 0. The molecule has 0 aliphatic heterocycles. The van der Waals surface area contributed by atoms with Crippen LogP contribution in [-0.2, 0) is 32.7 Å². The molecule has 0 fully saturated rings. The number of unbranched alkanes of at least 4 members (excludes halogenated alkanes) is 14. The standard InChI is InChI=1S/C33H64NO8P/c1-6-8-10-12-14-16-18-20-22-24-26-33(36)42-31(30-41-43(37,38)40-28-27-34(3,4)5)29-39-32(35)25-23-21-19-17-15-13-11-9-7-2/h10,12,31H,6-9,11,13-30H2,1-5H3/b12-10-. The molecule has 0 aliphatic rings. The van der Waals surface area contributed by atoms with E-state index in [1.807, 2.05) is 21.1 Å². The van der Waals surface area contributed by atoms with E-state index in [0.29, 0.717) is 17.4 Å². The Morgan fingerprint density at radius 1 is 0.698 bits per heavy atom. The number of carbonyl (C=O) groups excluding carboxylic acids is 2. The Morgan fingerprint density at radius 3 is 1.81 bits per heavy atom. The van der Waals surface area contributed by atoms with E-state index in [-0.39, 0.29) is 26.1 Å². The van der Waals surface area contributed by atoms with Gasteiger partial charge in [0.1, 0.15) is 19.8 Å². The molecule has 0 aromatic heterocycles. The number of likely N-dealkylation sites (N-methyl/N-ethyl adjacent to an activating group) is 1. The van der Waals surface area contributed by atoms with Crippen LogP contribution in [0.5, 0.6) is 0 Å². The lowest BCUT2D eigenvalue weighted by atomic mass is 10.1.